The highest BCUT2D eigenvalue weighted by Crippen LogP contribution is 2.34. The number of benzene rings is 3. The number of carbonyl (C=O) groups excluding carboxylic acids is 4. The topological polar surface area (TPSA) is 147 Å². The summed E-state index contributed by atoms with van der Waals surface area (Å²) in [6.45, 7) is 15.6. The first-order valence-electron chi connectivity index (χ1n) is 18.1. The molecule has 53 heavy (non-hydrogen) atoms. The van der Waals surface area contributed by atoms with Crippen LogP contribution in [-0.4, -0.2) is 67.2 Å². The third kappa shape index (κ3) is 15.5. The van der Waals surface area contributed by atoms with E-state index in [1.807, 2.05) is 102 Å². The van der Waals surface area contributed by atoms with Gasteiger partial charge in [-0.1, -0.05) is 82.3 Å². The largest absolute Gasteiger partial charge is 0.507 e. The van der Waals surface area contributed by atoms with Crippen LogP contribution in [0.3, 0.4) is 0 Å². The zero-order valence-electron chi connectivity index (χ0n) is 33.0. The van der Waals surface area contributed by atoms with Crippen molar-refractivity contribution in [2.24, 2.45) is 0 Å². The quantitative estimate of drug-likeness (QED) is 0.0967. The molecule has 0 bridgehead atoms. The van der Waals surface area contributed by atoms with Gasteiger partial charge in [0, 0.05) is 30.6 Å². The highest BCUT2D eigenvalue weighted by molar-refractivity contribution is 6.00. The molecule has 288 valence electrons. The second kappa shape index (κ2) is 24.0. The number of rotatable bonds is 12. The van der Waals surface area contributed by atoms with Crippen LogP contribution in [-0.2, 0) is 23.9 Å². The fraction of sp³-hybridized carbons (Fsp3) is 0.405. The van der Waals surface area contributed by atoms with Gasteiger partial charge >= 0.3 is 12.1 Å². The molecule has 0 saturated carbocycles. The van der Waals surface area contributed by atoms with Gasteiger partial charge in [0.2, 0.25) is 5.91 Å². The number of pyridine rings is 1. The molecular formula is C42H58N4O7. The Kier molecular flexibility index (Phi) is 20.7. The van der Waals surface area contributed by atoms with Crippen molar-refractivity contribution in [3.05, 3.63) is 90.1 Å². The van der Waals surface area contributed by atoms with E-state index in [1.54, 1.807) is 39.1 Å². The Morgan fingerprint density at radius 1 is 0.943 bits per heavy atom. The van der Waals surface area contributed by atoms with Crippen molar-refractivity contribution in [3.8, 4) is 16.9 Å². The number of esters is 1. The Balaban J connectivity index is 0.000000485. The molecule has 0 radical (unpaired) electrons. The number of phenols is 1. The Morgan fingerprint density at radius 2 is 1.58 bits per heavy atom. The second-order valence-corrected chi connectivity index (χ2v) is 12.3. The molecule has 0 fully saturated rings. The van der Waals surface area contributed by atoms with Crippen molar-refractivity contribution >= 4 is 40.8 Å². The van der Waals surface area contributed by atoms with Crippen LogP contribution in [0.5, 0.6) is 5.75 Å². The molecule has 4 rings (SSSR count). The molecule has 2 amide bonds. The summed E-state index contributed by atoms with van der Waals surface area (Å²) in [6, 6.07) is 23.1. The maximum Gasteiger partial charge on any atom is 0.416 e. The number of anilines is 1. The molecular weight excluding hydrogens is 672 g/mol. The normalized spacial score (nSPS) is 10.8. The van der Waals surface area contributed by atoms with Crippen molar-refractivity contribution in [1.82, 2.24) is 15.6 Å². The van der Waals surface area contributed by atoms with Crippen LogP contribution in [0, 0.1) is 6.92 Å². The Labute approximate surface area is 315 Å². The average Bonchev–Trinajstić information content (AvgIpc) is 3.16. The third-order valence-electron chi connectivity index (χ3n) is 7.43. The number of aromatic hydroxyl groups is 1. The molecule has 11 heteroatoms. The number of methoxy groups -OCH3 is 1. The summed E-state index contributed by atoms with van der Waals surface area (Å²) in [6.07, 6.45) is 2.67. The molecule has 0 aliphatic carbocycles. The highest BCUT2D eigenvalue weighted by atomic mass is 16.6. The van der Waals surface area contributed by atoms with E-state index in [4.69, 9.17) is 9.47 Å². The van der Waals surface area contributed by atoms with Crippen LogP contribution in [0.4, 0.5) is 10.6 Å². The maximum atomic E-state index is 12.4. The number of ether oxygens (including phenoxy) is 2. The summed E-state index contributed by atoms with van der Waals surface area (Å²) >= 11 is 0. The van der Waals surface area contributed by atoms with Crippen molar-refractivity contribution < 1.29 is 33.8 Å². The number of amides is 2. The Bertz CT molecular complexity index is 1720. The lowest BCUT2D eigenvalue weighted by molar-refractivity contribution is -0.141. The van der Waals surface area contributed by atoms with Gasteiger partial charge in [-0.2, -0.15) is 0 Å². The lowest BCUT2D eigenvalue weighted by Crippen LogP contribution is -2.38. The van der Waals surface area contributed by atoms with E-state index in [9.17, 15) is 24.3 Å². The summed E-state index contributed by atoms with van der Waals surface area (Å²) < 4.78 is 10.2. The first-order valence-corrected chi connectivity index (χ1v) is 18.1. The minimum atomic E-state index is -0.625. The molecule has 1 unspecified atom stereocenters. The first kappa shape index (κ1) is 45.7. The summed E-state index contributed by atoms with van der Waals surface area (Å²) in [4.78, 5) is 51.4. The molecule has 0 saturated heterocycles. The zero-order chi connectivity index (χ0) is 40.0. The van der Waals surface area contributed by atoms with Gasteiger partial charge in [0.15, 0.2) is 0 Å². The van der Waals surface area contributed by atoms with E-state index in [2.05, 4.69) is 15.6 Å². The smallest absolute Gasteiger partial charge is 0.416 e. The summed E-state index contributed by atoms with van der Waals surface area (Å²) in [5.74, 6) is 0.290. The number of hydrogen-bond donors (Lipinski definition) is 3. The lowest BCUT2D eigenvalue weighted by Gasteiger charge is -2.27. The summed E-state index contributed by atoms with van der Waals surface area (Å²) in [5.41, 5.74) is 3.50. The fourth-order valence-corrected chi connectivity index (χ4v) is 4.99. The minimum absolute atomic E-state index is 0.00590. The average molecular weight is 731 g/mol. The number of hydrogen-bond acceptors (Lipinski definition) is 9. The molecule has 3 N–H and O–H groups in total. The van der Waals surface area contributed by atoms with Gasteiger partial charge in [-0.15, -0.1) is 0 Å². The van der Waals surface area contributed by atoms with Gasteiger partial charge in [-0.05, 0) is 87.0 Å². The molecule has 11 nitrogen and oxygen atoms in total. The van der Waals surface area contributed by atoms with E-state index < -0.39 is 11.7 Å². The maximum absolute atomic E-state index is 12.4. The van der Waals surface area contributed by atoms with E-state index in [1.165, 1.54) is 12.0 Å². The van der Waals surface area contributed by atoms with Crippen LogP contribution >= 0.6 is 0 Å². The number of aryl methyl sites for hydroxylation is 1. The van der Waals surface area contributed by atoms with Crippen LogP contribution in [0.25, 0.3) is 21.9 Å². The number of aromatic nitrogens is 1. The zero-order valence-corrected chi connectivity index (χ0v) is 33.0. The van der Waals surface area contributed by atoms with Gasteiger partial charge < -0.3 is 30.0 Å². The Hall–Kier alpha value is -5.29. The summed E-state index contributed by atoms with van der Waals surface area (Å²) in [7, 11) is 3.23. The number of phenolic OH excluding ortho intramolecular Hbond substituents is 1. The Morgan fingerprint density at radius 3 is 2.15 bits per heavy atom. The van der Waals surface area contributed by atoms with Crippen molar-refractivity contribution in [2.45, 2.75) is 86.3 Å². The van der Waals surface area contributed by atoms with E-state index in [0.29, 0.717) is 25.1 Å². The molecule has 1 aromatic heterocycles. The molecule has 1 atom stereocenters. The van der Waals surface area contributed by atoms with Gasteiger partial charge in [-0.25, -0.2) is 9.78 Å². The molecule has 4 aromatic rings. The van der Waals surface area contributed by atoms with Crippen molar-refractivity contribution in [2.75, 3.05) is 32.1 Å². The fourth-order valence-electron chi connectivity index (χ4n) is 4.99. The number of carbonyl (C=O) groups is 4. The predicted octanol–water partition coefficient (Wildman–Crippen LogP) is 8.32. The number of aldehydes is 1. The summed E-state index contributed by atoms with van der Waals surface area (Å²) in [5, 5.41) is 17.5. The number of fused-ring (bicyclic) bond motifs is 1. The number of nitrogens with zero attached hydrogens (tertiary/aromatic N) is 2. The van der Waals surface area contributed by atoms with Gasteiger partial charge in [0.05, 0.1) is 20.1 Å². The number of nitrogens with one attached hydrogen (secondary N) is 2. The van der Waals surface area contributed by atoms with E-state index in [-0.39, 0.29) is 43.1 Å². The van der Waals surface area contributed by atoms with Crippen LogP contribution in [0.1, 0.15) is 84.9 Å². The molecule has 1 heterocycles. The van der Waals surface area contributed by atoms with Gasteiger partial charge in [0.25, 0.3) is 0 Å². The SMILES string of the molecule is CC.CC.CNC(CC(=O)OC)c1ccc(-c2ccc(O)c3ccccc23)cc1.Cc1ccnc(N(CCCC(=O)NCC=O)C(=O)OC(C)(C)C)c1. The molecule has 0 aliphatic heterocycles. The van der Waals surface area contributed by atoms with Crippen LogP contribution in [0.15, 0.2) is 79.0 Å². The second-order valence-electron chi connectivity index (χ2n) is 12.3. The standard InChI is InChI=1S/C21H21NO3.C17H25N3O4.2C2H6/c1-22-19(13-21(24)25-2)15-9-7-14(8-10-15)16-11-12-20(23)18-6-4-3-5-17(16)18;1-13-7-8-18-14(12-13)20(16(23)24-17(2,3)4)10-5-6-15(22)19-9-11-21;2*1-2/h3-12,19,22-23H,13H2,1-2H3;7-8,11-12H,5-6,9-10H2,1-4H3,(H,19,22);2*1-2H3. The molecule has 3 aromatic carbocycles. The van der Waals surface area contributed by atoms with Gasteiger partial charge in [-0.3, -0.25) is 14.5 Å². The monoisotopic (exact) mass is 730 g/mol. The highest BCUT2D eigenvalue weighted by Gasteiger charge is 2.24. The third-order valence-corrected chi connectivity index (χ3v) is 7.43. The van der Waals surface area contributed by atoms with E-state index >= 15 is 0 Å². The predicted molar refractivity (Wildman–Crippen MR) is 213 cm³/mol. The first-order chi connectivity index (χ1) is 25.4. The van der Waals surface area contributed by atoms with Crippen LogP contribution in [0.2, 0.25) is 0 Å². The van der Waals surface area contributed by atoms with Crippen LogP contribution < -0.4 is 15.5 Å². The molecule has 0 aliphatic rings. The lowest BCUT2D eigenvalue weighted by atomic mass is 9.95. The minimum Gasteiger partial charge on any atom is -0.507 e. The van der Waals surface area contributed by atoms with Crippen molar-refractivity contribution in [3.63, 3.8) is 0 Å². The molecule has 0 spiro atoms. The van der Waals surface area contributed by atoms with Crippen molar-refractivity contribution in [1.29, 1.82) is 0 Å². The van der Waals surface area contributed by atoms with Gasteiger partial charge in [0.1, 0.15) is 23.5 Å². The van der Waals surface area contributed by atoms with E-state index in [0.717, 1.165) is 33.0 Å².